The highest BCUT2D eigenvalue weighted by molar-refractivity contribution is 5.80. The summed E-state index contributed by atoms with van der Waals surface area (Å²) in [6, 6.07) is 5.13. The molecular formula is C17H20F3NO4. The Labute approximate surface area is 143 Å². The Morgan fingerprint density at radius 1 is 1.20 bits per heavy atom. The smallest absolute Gasteiger partial charge is 0.416 e. The predicted octanol–water partition coefficient (Wildman–Crippen LogP) is 2.73. The lowest BCUT2D eigenvalue weighted by Crippen LogP contribution is -2.44. The van der Waals surface area contributed by atoms with Gasteiger partial charge >= 0.3 is 12.1 Å². The molecule has 1 aromatic carbocycles. The van der Waals surface area contributed by atoms with Gasteiger partial charge in [0, 0.05) is 31.6 Å². The zero-order valence-electron chi connectivity index (χ0n) is 13.6. The monoisotopic (exact) mass is 359 g/mol. The number of hydrogen-bond acceptors (Lipinski definition) is 3. The number of carbonyl (C=O) groups is 2. The zero-order valence-corrected chi connectivity index (χ0v) is 13.6. The number of nitrogens with one attached hydrogen (secondary N) is 1. The molecule has 2 rings (SSSR count). The molecule has 1 saturated heterocycles. The van der Waals surface area contributed by atoms with Crippen molar-refractivity contribution in [2.24, 2.45) is 0 Å². The van der Waals surface area contributed by atoms with E-state index >= 15 is 0 Å². The van der Waals surface area contributed by atoms with Gasteiger partial charge in [-0.25, -0.2) is 0 Å². The van der Waals surface area contributed by atoms with Crippen LogP contribution >= 0.6 is 0 Å². The predicted molar refractivity (Wildman–Crippen MR) is 83.1 cm³/mol. The van der Waals surface area contributed by atoms with E-state index in [2.05, 4.69) is 5.32 Å². The number of rotatable bonds is 6. The maximum Gasteiger partial charge on any atom is 0.416 e. The van der Waals surface area contributed by atoms with Crippen LogP contribution in [0, 0.1) is 0 Å². The molecule has 0 radical (unpaired) electrons. The van der Waals surface area contributed by atoms with Crippen molar-refractivity contribution in [3.63, 3.8) is 0 Å². The Hall–Kier alpha value is -2.09. The van der Waals surface area contributed by atoms with Crippen LogP contribution < -0.4 is 5.32 Å². The van der Waals surface area contributed by atoms with Gasteiger partial charge in [0.2, 0.25) is 5.91 Å². The summed E-state index contributed by atoms with van der Waals surface area (Å²) in [5.74, 6) is -1.51. The Morgan fingerprint density at radius 2 is 1.88 bits per heavy atom. The molecule has 1 amide bonds. The normalized spacial score (nSPS) is 17.1. The average molecular weight is 359 g/mol. The summed E-state index contributed by atoms with van der Waals surface area (Å²) >= 11 is 0. The fraction of sp³-hybridized carbons (Fsp3) is 0.529. The molecule has 5 nitrogen and oxygen atoms in total. The van der Waals surface area contributed by atoms with Crippen LogP contribution in [0.15, 0.2) is 24.3 Å². The maximum atomic E-state index is 13.0. The minimum atomic E-state index is -4.44. The van der Waals surface area contributed by atoms with Crippen LogP contribution in [0.2, 0.25) is 0 Å². The van der Waals surface area contributed by atoms with E-state index in [1.807, 2.05) is 0 Å². The first-order valence-corrected chi connectivity index (χ1v) is 7.97. The summed E-state index contributed by atoms with van der Waals surface area (Å²) < 4.78 is 44.3. The number of aliphatic carboxylic acids is 1. The molecule has 0 saturated carbocycles. The number of alkyl halides is 3. The zero-order chi connectivity index (χ0) is 18.5. The number of carboxylic acid groups (broad SMARTS) is 1. The molecule has 0 bridgehead atoms. The fourth-order valence-corrected chi connectivity index (χ4v) is 2.93. The first kappa shape index (κ1) is 19.2. The van der Waals surface area contributed by atoms with Crippen LogP contribution in [0.25, 0.3) is 0 Å². The molecule has 0 aliphatic carbocycles. The molecule has 1 aliphatic heterocycles. The summed E-state index contributed by atoms with van der Waals surface area (Å²) in [4.78, 5) is 22.3. The van der Waals surface area contributed by atoms with Gasteiger partial charge in [-0.05, 0) is 24.5 Å². The Morgan fingerprint density at radius 3 is 2.48 bits per heavy atom. The van der Waals surface area contributed by atoms with E-state index in [0.717, 1.165) is 12.1 Å². The summed E-state index contributed by atoms with van der Waals surface area (Å²) in [5.41, 5.74) is -0.879. The maximum absolute atomic E-state index is 13.0. The van der Waals surface area contributed by atoms with Crippen molar-refractivity contribution < 1.29 is 32.6 Å². The molecule has 1 heterocycles. The topological polar surface area (TPSA) is 75.6 Å². The van der Waals surface area contributed by atoms with E-state index in [1.165, 1.54) is 6.07 Å². The largest absolute Gasteiger partial charge is 0.481 e. The first-order chi connectivity index (χ1) is 11.7. The molecule has 0 atom stereocenters. The van der Waals surface area contributed by atoms with Gasteiger partial charge in [0.05, 0.1) is 12.0 Å². The van der Waals surface area contributed by atoms with Gasteiger partial charge in [-0.3, -0.25) is 9.59 Å². The minimum Gasteiger partial charge on any atom is -0.481 e. The summed E-state index contributed by atoms with van der Waals surface area (Å²) in [6.07, 6.45) is -3.93. The highest BCUT2D eigenvalue weighted by Crippen LogP contribution is 2.37. The van der Waals surface area contributed by atoms with Crippen molar-refractivity contribution in [3.8, 4) is 0 Å². The molecule has 0 spiro atoms. The highest BCUT2D eigenvalue weighted by atomic mass is 19.4. The number of carbonyl (C=O) groups excluding carboxylic acids is 1. The van der Waals surface area contributed by atoms with Gasteiger partial charge in [-0.1, -0.05) is 18.2 Å². The quantitative estimate of drug-likeness (QED) is 0.819. The van der Waals surface area contributed by atoms with E-state index < -0.39 is 29.0 Å². The van der Waals surface area contributed by atoms with Gasteiger partial charge in [0.25, 0.3) is 0 Å². The fourth-order valence-electron chi connectivity index (χ4n) is 2.93. The van der Waals surface area contributed by atoms with Crippen LogP contribution in [0.1, 0.15) is 36.8 Å². The molecule has 2 N–H and O–H groups in total. The number of halogens is 3. The third kappa shape index (κ3) is 5.19. The van der Waals surface area contributed by atoms with Gasteiger partial charge in [0.15, 0.2) is 0 Å². The van der Waals surface area contributed by atoms with Gasteiger partial charge in [-0.15, -0.1) is 0 Å². The van der Waals surface area contributed by atoms with Crippen molar-refractivity contribution in [2.45, 2.75) is 37.3 Å². The van der Waals surface area contributed by atoms with E-state index in [-0.39, 0.29) is 19.4 Å². The molecule has 1 aliphatic rings. The molecular weight excluding hydrogens is 339 g/mol. The lowest BCUT2D eigenvalue weighted by Gasteiger charge is -2.38. The Balaban J connectivity index is 2.17. The summed E-state index contributed by atoms with van der Waals surface area (Å²) in [5, 5.41) is 11.3. The van der Waals surface area contributed by atoms with Crippen molar-refractivity contribution in [1.29, 1.82) is 0 Å². The second-order valence-electron chi connectivity index (χ2n) is 6.14. The third-order valence-electron chi connectivity index (χ3n) is 4.44. The van der Waals surface area contributed by atoms with E-state index in [4.69, 9.17) is 9.84 Å². The van der Waals surface area contributed by atoms with Crippen molar-refractivity contribution >= 4 is 11.9 Å². The van der Waals surface area contributed by atoms with E-state index in [9.17, 15) is 22.8 Å². The van der Waals surface area contributed by atoms with Crippen LogP contribution in [-0.2, 0) is 25.9 Å². The molecule has 25 heavy (non-hydrogen) atoms. The van der Waals surface area contributed by atoms with Crippen LogP contribution in [0.3, 0.4) is 0 Å². The Bertz CT molecular complexity index is 625. The standard InChI is InChI=1S/C17H20F3NO4/c18-17(19,20)13-3-1-2-12(10-13)16(6-8-25-9-7-16)11-21-14(22)4-5-15(23)24/h1-3,10H,4-9,11H2,(H,21,22)(H,23,24). The van der Waals surface area contributed by atoms with Crippen molar-refractivity contribution in [3.05, 3.63) is 35.4 Å². The molecule has 1 aromatic rings. The number of ether oxygens (including phenoxy) is 1. The highest BCUT2D eigenvalue weighted by Gasteiger charge is 2.37. The second kappa shape index (κ2) is 7.86. The molecule has 138 valence electrons. The third-order valence-corrected chi connectivity index (χ3v) is 4.44. The van der Waals surface area contributed by atoms with Crippen molar-refractivity contribution in [1.82, 2.24) is 5.32 Å². The van der Waals surface area contributed by atoms with Crippen LogP contribution in [0.5, 0.6) is 0 Å². The lowest BCUT2D eigenvalue weighted by atomic mass is 9.73. The Kier molecular flexibility index (Phi) is 6.05. The SMILES string of the molecule is O=C(O)CCC(=O)NCC1(c2cccc(C(F)(F)F)c2)CCOCC1. The molecule has 0 unspecified atom stereocenters. The van der Waals surface area contributed by atoms with E-state index in [0.29, 0.717) is 31.6 Å². The van der Waals surface area contributed by atoms with Gasteiger partial charge < -0.3 is 15.2 Å². The number of carboxylic acids is 1. The number of benzene rings is 1. The first-order valence-electron chi connectivity index (χ1n) is 7.97. The summed E-state index contributed by atoms with van der Waals surface area (Å²) in [7, 11) is 0. The second-order valence-corrected chi connectivity index (χ2v) is 6.14. The van der Waals surface area contributed by atoms with Crippen LogP contribution in [0.4, 0.5) is 13.2 Å². The van der Waals surface area contributed by atoms with E-state index in [1.54, 1.807) is 6.07 Å². The average Bonchev–Trinajstić information content (AvgIpc) is 2.58. The molecule has 1 fully saturated rings. The molecule has 0 aromatic heterocycles. The van der Waals surface area contributed by atoms with Crippen LogP contribution in [-0.4, -0.2) is 36.7 Å². The minimum absolute atomic E-state index is 0.149. The van der Waals surface area contributed by atoms with Gasteiger partial charge in [-0.2, -0.15) is 13.2 Å². The summed E-state index contributed by atoms with van der Waals surface area (Å²) in [6.45, 7) is 0.929. The number of hydrogen-bond donors (Lipinski definition) is 2. The van der Waals surface area contributed by atoms with Gasteiger partial charge in [0.1, 0.15) is 0 Å². The lowest BCUT2D eigenvalue weighted by molar-refractivity contribution is -0.139. The number of amides is 1. The van der Waals surface area contributed by atoms with Crippen molar-refractivity contribution in [2.75, 3.05) is 19.8 Å². The molecule has 8 heteroatoms.